The number of rotatable bonds is 6. The van der Waals surface area contributed by atoms with Crippen molar-refractivity contribution in [3.8, 4) is 6.07 Å². The van der Waals surface area contributed by atoms with Crippen molar-refractivity contribution in [1.82, 2.24) is 20.6 Å². The van der Waals surface area contributed by atoms with Crippen LogP contribution in [0.15, 0.2) is 64.3 Å². The van der Waals surface area contributed by atoms with E-state index in [1.165, 1.54) is 5.56 Å². The first-order valence-electron chi connectivity index (χ1n) is 12.8. The molecule has 196 valence electrons. The van der Waals surface area contributed by atoms with Gasteiger partial charge < -0.3 is 19.7 Å². The Balaban J connectivity index is 1.32. The summed E-state index contributed by atoms with van der Waals surface area (Å²) in [5.74, 6) is 0.969. The molecule has 0 spiro atoms. The van der Waals surface area contributed by atoms with Gasteiger partial charge in [-0.2, -0.15) is 5.26 Å². The fraction of sp³-hybridized carbons (Fsp3) is 0.393. The molecule has 3 N–H and O–H groups in total. The van der Waals surface area contributed by atoms with Gasteiger partial charge in [-0.3, -0.25) is 10.4 Å². The summed E-state index contributed by atoms with van der Waals surface area (Å²) < 4.78 is 11.5. The van der Waals surface area contributed by atoms with Crippen molar-refractivity contribution >= 4 is 17.4 Å². The normalized spacial score (nSPS) is 20.4. The third-order valence-corrected chi connectivity index (χ3v) is 6.94. The van der Waals surface area contributed by atoms with Crippen molar-refractivity contribution in [3.05, 3.63) is 76.6 Å². The first-order chi connectivity index (χ1) is 18.3. The van der Waals surface area contributed by atoms with Crippen molar-refractivity contribution in [2.24, 2.45) is 10.1 Å². The molecule has 4 heterocycles. The number of hydrogen-bond acceptors (Lipinski definition) is 9. The van der Waals surface area contributed by atoms with Crippen molar-refractivity contribution in [3.63, 3.8) is 0 Å². The lowest BCUT2D eigenvalue weighted by Gasteiger charge is -2.27. The summed E-state index contributed by atoms with van der Waals surface area (Å²) in [5.41, 5.74) is 6.85. The molecule has 1 saturated heterocycles. The largest absolute Gasteiger partial charge is 0.417 e. The van der Waals surface area contributed by atoms with Crippen molar-refractivity contribution in [2.75, 3.05) is 26.8 Å². The molecule has 0 saturated carbocycles. The molecule has 1 fully saturated rings. The second-order valence-corrected chi connectivity index (χ2v) is 10.2. The number of nitrogens with one attached hydrogen (secondary N) is 3. The number of hydrogen-bond donors (Lipinski definition) is 3. The summed E-state index contributed by atoms with van der Waals surface area (Å²) in [6.07, 6.45) is 3.77. The molecule has 1 aromatic carbocycles. The van der Waals surface area contributed by atoms with E-state index in [9.17, 15) is 5.26 Å². The lowest BCUT2D eigenvalue weighted by Crippen LogP contribution is -2.38. The Morgan fingerprint density at radius 3 is 2.68 bits per heavy atom. The lowest BCUT2D eigenvalue weighted by atomic mass is 9.89. The maximum absolute atomic E-state index is 9.52. The number of ether oxygens (including phenoxy) is 2. The molecule has 10 nitrogen and oxygen atoms in total. The summed E-state index contributed by atoms with van der Waals surface area (Å²) in [6.45, 7) is 6.56. The van der Waals surface area contributed by atoms with Gasteiger partial charge in [0.25, 0.3) is 0 Å². The number of aliphatic imine (C=N–C) groups is 1. The third kappa shape index (κ3) is 5.44. The van der Waals surface area contributed by atoms with Gasteiger partial charge in [0.1, 0.15) is 0 Å². The maximum atomic E-state index is 9.52. The monoisotopic (exact) mass is 512 g/mol. The lowest BCUT2D eigenvalue weighted by molar-refractivity contribution is 0.0776. The first kappa shape index (κ1) is 25.6. The Morgan fingerprint density at radius 1 is 1.18 bits per heavy atom. The molecule has 0 bridgehead atoms. The van der Waals surface area contributed by atoms with Crippen LogP contribution >= 0.6 is 0 Å². The molecular weight excluding hydrogens is 480 g/mol. The highest BCUT2D eigenvalue weighted by Crippen LogP contribution is 2.24. The van der Waals surface area contributed by atoms with Crippen LogP contribution in [-0.4, -0.2) is 60.2 Å². The highest BCUT2D eigenvalue weighted by atomic mass is 16.5. The summed E-state index contributed by atoms with van der Waals surface area (Å²) in [5, 5.41) is 26.1. The summed E-state index contributed by atoms with van der Waals surface area (Å²) >= 11 is 0. The van der Waals surface area contributed by atoms with Gasteiger partial charge >= 0.3 is 0 Å². The maximum Gasteiger partial charge on any atom is 0.245 e. The molecule has 0 radical (unpaired) electrons. The fourth-order valence-electron chi connectivity index (χ4n) is 4.43. The number of nitriles is 1. The van der Waals surface area contributed by atoms with Crippen LogP contribution in [0.4, 0.5) is 0 Å². The highest BCUT2D eigenvalue weighted by Gasteiger charge is 2.29. The van der Waals surface area contributed by atoms with Gasteiger partial charge in [-0.05, 0) is 56.5 Å². The fourth-order valence-corrected chi connectivity index (χ4v) is 4.43. The Kier molecular flexibility index (Phi) is 7.22. The number of nitrogens with zero attached hydrogens (tertiary/aromatic N) is 5. The molecule has 38 heavy (non-hydrogen) atoms. The van der Waals surface area contributed by atoms with E-state index in [0.717, 1.165) is 49.4 Å². The average molecular weight is 513 g/mol. The standard InChI is InChI=1S/C28H32N8O2/c1-28(2,17-29)23-14-20(8-11-31-23)22-16-36(3)25(30)24(33-22)27-35-34-26(38-27)19-6-4-18(5-7-19)15-32-21-9-12-37-13-10-21/h4-8,11,14,21,30,32,35H,9-10,12-13,15-16H2,1-3H3. The Morgan fingerprint density at radius 2 is 1.95 bits per heavy atom. The van der Waals surface area contributed by atoms with Crippen LogP contribution in [0, 0.1) is 16.7 Å². The predicted octanol–water partition coefficient (Wildman–Crippen LogP) is 3.01. The molecule has 3 aliphatic rings. The van der Waals surface area contributed by atoms with Gasteiger partial charge in [0.2, 0.25) is 11.8 Å². The summed E-state index contributed by atoms with van der Waals surface area (Å²) in [4.78, 5) is 10.9. The Labute approximate surface area is 222 Å². The number of likely N-dealkylation sites (N-methyl/N-ethyl adjacent to an activating group) is 1. The minimum Gasteiger partial charge on any atom is -0.417 e. The van der Waals surface area contributed by atoms with Crippen molar-refractivity contribution in [1.29, 1.82) is 10.7 Å². The number of benzene rings is 1. The van der Waals surface area contributed by atoms with Crippen LogP contribution in [0.25, 0.3) is 0 Å². The van der Waals surface area contributed by atoms with Crippen LogP contribution in [0.3, 0.4) is 0 Å². The molecule has 0 aliphatic carbocycles. The zero-order valence-electron chi connectivity index (χ0n) is 21.9. The van der Waals surface area contributed by atoms with Crippen LogP contribution < -0.4 is 10.7 Å². The van der Waals surface area contributed by atoms with Gasteiger partial charge in [-0.15, -0.1) is 5.10 Å². The Bertz CT molecular complexity index is 1350. The molecule has 1 aromatic heterocycles. The second-order valence-electron chi connectivity index (χ2n) is 10.2. The van der Waals surface area contributed by atoms with E-state index in [0.29, 0.717) is 35.8 Å². The quantitative estimate of drug-likeness (QED) is 0.542. The molecular formula is C28H32N8O2. The van der Waals surface area contributed by atoms with E-state index >= 15 is 0 Å². The van der Waals surface area contributed by atoms with Crippen molar-refractivity contribution < 1.29 is 9.47 Å². The molecule has 0 amide bonds. The number of aromatic nitrogens is 1. The third-order valence-electron chi connectivity index (χ3n) is 6.94. The van der Waals surface area contributed by atoms with Gasteiger partial charge in [0.05, 0.1) is 29.4 Å². The molecule has 0 unspecified atom stereocenters. The van der Waals surface area contributed by atoms with Crippen LogP contribution in [-0.2, 0) is 21.4 Å². The van der Waals surface area contributed by atoms with Crippen LogP contribution in [0.1, 0.15) is 49.1 Å². The SMILES string of the molecule is CN1CC(c2ccnc(C(C)(C)C#N)c2)=NC(=C2NN=C(c3ccc(CNC4CCOCC4)cc3)O2)C1=N. The first-order valence-corrected chi connectivity index (χ1v) is 12.8. The predicted molar refractivity (Wildman–Crippen MR) is 145 cm³/mol. The highest BCUT2D eigenvalue weighted by molar-refractivity contribution is 6.11. The number of amidine groups is 1. The van der Waals surface area contributed by atoms with E-state index in [-0.39, 0.29) is 5.84 Å². The molecule has 0 atom stereocenters. The van der Waals surface area contributed by atoms with E-state index in [1.807, 2.05) is 45.2 Å². The van der Waals surface area contributed by atoms with Gasteiger partial charge in [-0.25, -0.2) is 10.4 Å². The molecule has 3 aliphatic heterocycles. The molecule has 2 aromatic rings. The van der Waals surface area contributed by atoms with Gasteiger partial charge in [-0.1, -0.05) is 12.1 Å². The second kappa shape index (κ2) is 10.7. The zero-order valence-corrected chi connectivity index (χ0v) is 21.9. The van der Waals surface area contributed by atoms with Gasteiger partial charge in [0.15, 0.2) is 11.5 Å². The van der Waals surface area contributed by atoms with E-state index in [4.69, 9.17) is 19.9 Å². The topological polar surface area (TPSA) is 131 Å². The smallest absolute Gasteiger partial charge is 0.245 e. The Hall–Kier alpha value is -4.07. The van der Waals surface area contributed by atoms with E-state index < -0.39 is 5.41 Å². The molecule has 5 rings (SSSR count). The molecule has 10 heteroatoms. The van der Waals surface area contributed by atoms with Gasteiger partial charge in [0, 0.05) is 50.2 Å². The zero-order chi connectivity index (χ0) is 26.7. The van der Waals surface area contributed by atoms with Crippen molar-refractivity contribution in [2.45, 2.75) is 44.7 Å². The van der Waals surface area contributed by atoms with E-state index in [2.05, 4.69) is 39.0 Å². The summed E-state index contributed by atoms with van der Waals surface area (Å²) in [7, 11) is 1.84. The minimum atomic E-state index is -0.722. The van der Waals surface area contributed by atoms with Crippen LogP contribution in [0.5, 0.6) is 0 Å². The summed E-state index contributed by atoms with van der Waals surface area (Å²) in [6, 6.07) is 14.6. The van der Waals surface area contributed by atoms with E-state index in [1.54, 1.807) is 11.1 Å². The average Bonchev–Trinajstić information content (AvgIpc) is 3.44. The number of pyridine rings is 1. The minimum absolute atomic E-state index is 0.230. The van der Waals surface area contributed by atoms with Crippen LogP contribution in [0.2, 0.25) is 0 Å². The number of hydrazone groups is 1.